The van der Waals surface area contributed by atoms with Crippen LogP contribution in [0.4, 0.5) is 0 Å². The van der Waals surface area contributed by atoms with E-state index in [9.17, 15) is 5.11 Å². The molecule has 2 aromatic rings. The van der Waals surface area contributed by atoms with Crippen LogP contribution < -0.4 is 14.4 Å². The van der Waals surface area contributed by atoms with Gasteiger partial charge in [-0.25, -0.2) is 0 Å². The Balaban J connectivity index is 1.66. The minimum absolute atomic E-state index is 0.213. The Hall–Kier alpha value is -2.30. The van der Waals surface area contributed by atoms with Crippen LogP contribution in [0.3, 0.4) is 0 Å². The first kappa shape index (κ1) is 21.0. The maximum absolute atomic E-state index is 11.5. The van der Waals surface area contributed by atoms with Crippen molar-refractivity contribution in [3.05, 3.63) is 65.7 Å². The molecule has 1 heterocycles. The third-order valence-electron chi connectivity index (χ3n) is 7.05. The van der Waals surface area contributed by atoms with E-state index in [4.69, 9.17) is 9.47 Å². The van der Waals surface area contributed by atoms with Gasteiger partial charge in [-0.15, -0.1) is 0 Å². The van der Waals surface area contributed by atoms with E-state index in [0.29, 0.717) is 0 Å². The molecule has 4 nitrogen and oxygen atoms in total. The van der Waals surface area contributed by atoms with E-state index in [2.05, 4.69) is 42.5 Å². The number of nitrogens with one attached hydrogen (secondary N) is 1. The van der Waals surface area contributed by atoms with Crippen LogP contribution >= 0.6 is 0 Å². The van der Waals surface area contributed by atoms with Crippen LogP contribution in [0.1, 0.15) is 49.3 Å². The van der Waals surface area contributed by atoms with Crippen LogP contribution in [-0.2, 0) is 0 Å². The van der Waals surface area contributed by atoms with E-state index in [-0.39, 0.29) is 12.0 Å². The average Bonchev–Trinajstić information content (AvgIpc) is 2.79. The zero-order chi connectivity index (χ0) is 21.0. The monoisotopic (exact) mass is 408 g/mol. The second-order valence-corrected chi connectivity index (χ2v) is 8.72. The number of rotatable bonds is 6. The zero-order valence-electron chi connectivity index (χ0n) is 18.1. The van der Waals surface area contributed by atoms with Crippen molar-refractivity contribution in [1.29, 1.82) is 0 Å². The van der Waals surface area contributed by atoms with Gasteiger partial charge in [0.25, 0.3) is 0 Å². The van der Waals surface area contributed by atoms with Gasteiger partial charge in [0.1, 0.15) is 17.5 Å². The van der Waals surface area contributed by atoms with Crippen LogP contribution in [0.15, 0.2) is 54.6 Å². The van der Waals surface area contributed by atoms with Crippen molar-refractivity contribution in [3.63, 3.8) is 0 Å². The van der Waals surface area contributed by atoms with Crippen molar-refractivity contribution < 1.29 is 19.5 Å². The molecule has 2 fully saturated rings. The summed E-state index contributed by atoms with van der Waals surface area (Å²) in [5.41, 5.74) is 1.86. The highest BCUT2D eigenvalue weighted by Crippen LogP contribution is 2.46. The first-order chi connectivity index (χ1) is 14.6. The normalized spacial score (nSPS) is 28.8. The molecule has 160 valence electrons. The average molecular weight is 409 g/mol. The predicted molar refractivity (Wildman–Crippen MR) is 120 cm³/mol. The number of benzene rings is 2. The third-order valence-corrected chi connectivity index (χ3v) is 7.05. The SMILES string of the molecule is COc1ccc([C@H]2[C@@H]3CCCC[C@]3(O)CC[NH+]2C/C=C/c2ccccc2)c(OC)c1. The summed E-state index contributed by atoms with van der Waals surface area (Å²) in [6, 6.07) is 16.8. The van der Waals surface area contributed by atoms with E-state index in [0.717, 1.165) is 50.3 Å². The van der Waals surface area contributed by atoms with Gasteiger partial charge < -0.3 is 19.5 Å². The standard InChI is InChI=1S/C26H33NO3/c1-29-21-13-14-22(24(19-21)30-2)25-23-12-6-7-15-26(23,28)16-18-27(25)17-8-11-20-9-4-3-5-10-20/h3-5,8-11,13-14,19,23,25,28H,6-7,12,15-18H2,1-2H3/p+1/b11-8+/t23-,25-,26-/m0/s1. The molecule has 4 heteroatoms. The Morgan fingerprint density at radius 2 is 1.90 bits per heavy atom. The fourth-order valence-corrected chi connectivity index (χ4v) is 5.51. The van der Waals surface area contributed by atoms with Crippen LogP contribution in [0.25, 0.3) is 6.08 Å². The summed E-state index contributed by atoms with van der Waals surface area (Å²) < 4.78 is 11.2. The highest BCUT2D eigenvalue weighted by Gasteiger charge is 2.52. The number of hydrogen-bond donors (Lipinski definition) is 2. The van der Waals surface area contributed by atoms with Gasteiger partial charge in [0.2, 0.25) is 0 Å². The van der Waals surface area contributed by atoms with Gasteiger partial charge in [0, 0.05) is 18.4 Å². The lowest BCUT2D eigenvalue weighted by molar-refractivity contribution is -0.939. The summed E-state index contributed by atoms with van der Waals surface area (Å²) in [4.78, 5) is 1.50. The van der Waals surface area contributed by atoms with E-state index in [1.54, 1.807) is 14.2 Å². The molecule has 4 rings (SSSR count). The molecule has 1 aliphatic heterocycles. The Morgan fingerprint density at radius 3 is 2.67 bits per heavy atom. The maximum Gasteiger partial charge on any atom is 0.131 e. The number of hydrogen-bond acceptors (Lipinski definition) is 3. The molecule has 0 bridgehead atoms. The molecule has 1 aliphatic carbocycles. The van der Waals surface area contributed by atoms with Crippen molar-refractivity contribution in [2.75, 3.05) is 27.3 Å². The highest BCUT2D eigenvalue weighted by atomic mass is 16.5. The molecule has 0 spiro atoms. The van der Waals surface area contributed by atoms with Gasteiger partial charge >= 0.3 is 0 Å². The summed E-state index contributed by atoms with van der Waals surface area (Å²) in [6.45, 7) is 1.90. The smallest absolute Gasteiger partial charge is 0.131 e. The van der Waals surface area contributed by atoms with E-state index < -0.39 is 5.60 Å². The quantitative estimate of drug-likeness (QED) is 0.767. The van der Waals surface area contributed by atoms with Gasteiger partial charge in [0.05, 0.1) is 38.5 Å². The first-order valence-corrected chi connectivity index (χ1v) is 11.1. The number of methoxy groups -OCH3 is 2. The van der Waals surface area contributed by atoms with Crippen LogP contribution in [0, 0.1) is 5.92 Å². The Kier molecular flexibility index (Phi) is 6.45. The number of piperidine rings is 1. The summed E-state index contributed by atoms with van der Waals surface area (Å²) in [7, 11) is 3.41. The third kappa shape index (κ3) is 4.26. The number of likely N-dealkylation sites (tertiary alicyclic amines) is 1. The fourth-order valence-electron chi connectivity index (χ4n) is 5.51. The van der Waals surface area contributed by atoms with Crippen molar-refractivity contribution >= 4 is 6.08 Å². The number of ether oxygens (including phenoxy) is 2. The maximum atomic E-state index is 11.5. The molecular weight excluding hydrogens is 374 g/mol. The van der Waals surface area contributed by atoms with Gasteiger partial charge in [-0.05, 0) is 36.6 Å². The summed E-state index contributed by atoms with van der Waals surface area (Å²) in [5, 5.41) is 11.5. The first-order valence-electron chi connectivity index (χ1n) is 11.1. The molecule has 0 radical (unpaired) electrons. The molecule has 2 aliphatic rings. The highest BCUT2D eigenvalue weighted by molar-refractivity contribution is 5.48. The van der Waals surface area contributed by atoms with Crippen molar-refractivity contribution in [3.8, 4) is 11.5 Å². The number of fused-ring (bicyclic) bond motifs is 1. The van der Waals surface area contributed by atoms with E-state index in [1.807, 2.05) is 18.2 Å². The lowest BCUT2D eigenvalue weighted by Crippen LogP contribution is -3.14. The van der Waals surface area contributed by atoms with E-state index >= 15 is 0 Å². The Labute approximate surface area is 180 Å². The van der Waals surface area contributed by atoms with Crippen LogP contribution in [-0.4, -0.2) is 38.0 Å². The molecule has 0 aromatic heterocycles. The second kappa shape index (κ2) is 9.23. The number of quaternary nitrogens is 1. The molecule has 1 unspecified atom stereocenters. The molecule has 0 amide bonds. The van der Waals surface area contributed by atoms with Crippen molar-refractivity contribution in [2.24, 2.45) is 5.92 Å². The minimum atomic E-state index is -0.555. The topological polar surface area (TPSA) is 43.1 Å². The summed E-state index contributed by atoms with van der Waals surface area (Å²) in [5.74, 6) is 1.91. The number of aliphatic hydroxyl groups is 1. The molecule has 2 N–H and O–H groups in total. The van der Waals surface area contributed by atoms with Crippen molar-refractivity contribution in [1.82, 2.24) is 0 Å². The molecule has 2 aromatic carbocycles. The minimum Gasteiger partial charge on any atom is -0.497 e. The predicted octanol–water partition coefficient (Wildman–Crippen LogP) is 3.67. The lowest BCUT2D eigenvalue weighted by Gasteiger charge is -2.50. The fraction of sp³-hybridized carbons (Fsp3) is 0.462. The van der Waals surface area contributed by atoms with Crippen molar-refractivity contribution in [2.45, 2.75) is 43.7 Å². The molecule has 4 atom stereocenters. The summed E-state index contributed by atoms with van der Waals surface area (Å²) in [6.07, 6.45) is 9.67. The van der Waals surface area contributed by atoms with Gasteiger partial charge in [0.15, 0.2) is 0 Å². The van der Waals surface area contributed by atoms with Crippen LogP contribution in [0.5, 0.6) is 11.5 Å². The molecule has 30 heavy (non-hydrogen) atoms. The largest absolute Gasteiger partial charge is 0.497 e. The van der Waals surface area contributed by atoms with Crippen LogP contribution in [0.2, 0.25) is 0 Å². The Bertz CT molecular complexity index is 866. The van der Waals surface area contributed by atoms with Gasteiger partial charge in [-0.3, -0.25) is 0 Å². The second-order valence-electron chi connectivity index (χ2n) is 8.72. The molecule has 1 saturated heterocycles. The lowest BCUT2D eigenvalue weighted by atomic mass is 9.66. The van der Waals surface area contributed by atoms with Gasteiger partial charge in [-0.2, -0.15) is 0 Å². The van der Waals surface area contributed by atoms with Gasteiger partial charge in [-0.1, -0.05) is 49.2 Å². The molecular formula is C26H34NO3+. The molecule has 1 saturated carbocycles. The Morgan fingerprint density at radius 1 is 1.07 bits per heavy atom. The van der Waals surface area contributed by atoms with E-state index in [1.165, 1.54) is 22.4 Å². The summed E-state index contributed by atoms with van der Waals surface area (Å²) >= 11 is 0. The zero-order valence-corrected chi connectivity index (χ0v) is 18.1.